The van der Waals surface area contributed by atoms with Gasteiger partial charge >= 0.3 is 0 Å². The van der Waals surface area contributed by atoms with E-state index in [1.807, 2.05) is 13.8 Å². The second kappa shape index (κ2) is 6.98. The first-order chi connectivity index (χ1) is 14.6. The van der Waals surface area contributed by atoms with Crippen LogP contribution >= 0.6 is 0 Å². The largest absolute Gasteiger partial charge is 0.494 e. The minimum atomic E-state index is -0.240. The average Bonchev–Trinajstić information content (AvgIpc) is 2.98. The number of hydrogen-bond donors (Lipinski definition) is 0. The van der Waals surface area contributed by atoms with Crippen LogP contribution in [0.25, 0.3) is 22.4 Å². The third-order valence-corrected chi connectivity index (χ3v) is 5.75. The summed E-state index contributed by atoms with van der Waals surface area (Å²) < 4.78 is 8.44. The van der Waals surface area contributed by atoms with E-state index in [1.54, 1.807) is 13.3 Å². The molecule has 0 atom stereocenters. The van der Waals surface area contributed by atoms with Crippen molar-refractivity contribution in [3.63, 3.8) is 0 Å². The first-order valence-electron chi connectivity index (χ1n) is 9.90. The summed E-state index contributed by atoms with van der Waals surface area (Å²) in [6, 6.07) is 8.44. The van der Waals surface area contributed by atoms with Crippen LogP contribution in [0, 0.1) is 13.8 Å². The number of benzene rings is 1. The van der Waals surface area contributed by atoms with Gasteiger partial charge < -0.3 is 14.2 Å². The normalized spacial score (nSPS) is 13.5. The van der Waals surface area contributed by atoms with Gasteiger partial charge in [0.25, 0.3) is 11.5 Å². The number of aromatic nitrogens is 5. The first kappa shape index (κ1) is 18.4. The van der Waals surface area contributed by atoms with Gasteiger partial charge in [0.15, 0.2) is 5.75 Å². The lowest BCUT2D eigenvalue weighted by Gasteiger charge is -2.33. The van der Waals surface area contributed by atoms with Crippen molar-refractivity contribution in [2.75, 3.05) is 25.1 Å². The average molecular weight is 402 g/mol. The van der Waals surface area contributed by atoms with Gasteiger partial charge in [0, 0.05) is 41.2 Å². The second-order valence-corrected chi connectivity index (χ2v) is 7.44. The highest BCUT2D eigenvalue weighted by Gasteiger charge is 2.20. The van der Waals surface area contributed by atoms with E-state index in [1.165, 1.54) is 29.2 Å². The molecule has 0 radical (unpaired) electrons. The summed E-state index contributed by atoms with van der Waals surface area (Å²) in [5.41, 5.74) is 3.86. The van der Waals surface area contributed by atoms with E-state index >= 15 is 0 Å². The van der Waals surface area contributed by atoms with E-state index in [-0.39, 0.29) is 11.5 Å². The van der Waals surface area contributed by atoms with Crippen molar-refractivity contribution in [3.8, 4) is 17.4 Å². The molecule has 5 rings (SSSR count). The molecule has 4 aromatic rings. The Morgan fingerprint density at radius 3 is 2.40 bits per heavy atom. The van der Waals surface area contributed by atoms with Crippen molar-refractivity contribution in [2.24, 2.45) is 0 Å². The topological polar surface area (TPSA) is 78.1 Å². The third kappa shape index (κ3) is 2.75. The first-order valence-corrected chi connectivity index (χ1v) is 9.90. The summed E-state index contributed by atoms with van der Waals surface area (Å²) in [6.45, 7) is 6.16. The minimum Gasteiger partial charge on any atom is -0.494 e. The van der Waals surface area contributed by atoms with Crippen molar-refractivity contribution in [1.29, 1.82) is 0 Å². The van der Waals surface area contributed by atoms with E-state index < -0.39 is 0 Å². The Bertz CT molecular complexity index is 1300. The van der Waals surface area contributed by atoms with Crippen LogP contribution in [0.2, 0.25) is 0 Å². The van der Waals surface area contributed by atoms with Crippen LogP contribution in [0.15, 0.2) is 47.7 Å². The smallest absolute Gasteiger partial charge is 0.283 e. The zero-order chi connectivity index (χ0) is 20.8. The number of methoxy groups -OCH3 is 1. The van der Waals surface area contributed by atoms with Gasteiger partial charge in [-0.05, 0) is 38.5 Å². The Morgan fingerprint density at radius 2 is 1.73 bits per heavy atom. The predicted molar refractivity (Wildman–Crippen MR) is 115 cm³/mol. The van der Waals surface area contributed by atoms with Gasteiger partial charge in [-0.15, -0.1) is 0 Å². The van der Waals surface area contributed by atoms with Crippen molar-refractivity contribution >= 4 is 16.5 Å². The Kier molecular flexibility index (Phi) is 4.27. The van der Waals surface area contributed by atoms with E-state index in [9.17, 15) is 4.79 Å². The van der Waals surface area contributed by atoms with Crippen molar-refractivity contribution in [1.82, 2.24) is 24.3 Å². The maximum absolute atomic E-state index is 13.3. The molecule has 8 nitrogen and oxygen atoms in total. The van der Waals surface area contributed by atoms with E-state index in [2.05, 4.69) is 48.8 Å². The van der Waals surface area contributed by atoms with Crippen LogP contribution in [0.5, 0.6) is 5.75 Å². The molecule has 1 aliphatic heterocycles. The molecule has 0 bridgehead atoms. The van der Waals surface area contributed by atoms with E-state index in [0.29, 0.717) is 11.1 Å². The molecule has 1 aromatic carbocycles. The number of hydrogen-bond acceptors (Lipinski definition) is 6. The molecule has 8 heteroatoms. The molecule has 152 valence electrons. The number of fused-ring (bicyclic) bond motifs is 1. The number of rotatable bonds is 4. The fraction of sp³-hybridized carbons (Fsp3) is 0.273. The Balaban J connectivity index is 1.66. The van der Waals surface area contributed by atoms with Gasteiger partial charge in [0.05, 0.1) is 31.1 Å². The molecule has 0 saturated carbocycles. The number of nitrogens with zero attached hydrogens (tertiary/aromatic N) is 6. The van der Waals surface area contributed by atoms with Crippen LogP contribution in [0.3, 0.4) is 0 Å². The van der Waals surface area contributed by atoms with Gasteiger partial charge in [-0.1, -0.05) is 6.07 Å². The van der Waals surface area contributed by atoms with Gasteiger partial charge in [0.1, 0.15) is 0 Å². The number of anilines is 1. The maximum Gasteiger partial charge on any atom is 0.283 e. The highest BCUT2D eigenvalue weighted by atomic mass is 16.5. The summed E-state index contributed by atoms with van der Waals surface area (Å²) in [5.74, 6) is 0.737. The second-order valence-electron chi connectivity index (χ2n) is 7.44. The Hall–Kier alpha value is -3.68. The van der Waals surface area contributed by atoms with Gasteiger partial charge in [-0.2, -0.15) is 9.78 Å². The van der Waals surface area contributed by atoms with Crippen LogP contribution in [-0.2, 0) is 0 Å². The summed E-state index contributed by atoms with van der Waals surface area (Å²) in [6.07, 6.45) is 5.98. The molecular weight excluding hydrogens is 380 g/mol. The summed E-state index contributed by atoms with van der Waals surface area (Å²) >= 11 is 0. The molecule has 0 spiro atoms. The fourth-order valence-electron chi connectivity index (χ4n) is 4.02. The lowest BCUT2D eigenvalue weighted by molar-refractivity contribution is 0.410. The molecule has 1 saturated heterocycles. The molecule has 0 amide bonds. The highest BCUT2D eigenvalue weighted by Crippen LogP contribution is 2.29. The maximum atomic E-state index is 13.3. The van der Waals surface area contributed by atoms with Crippen molar-refractivity contribution in [3.05, 3.63) is 64.6 Å². The molecule has 1 aliphatic rings. The summed E-state index contributed by atoms with van der Waals surface area (Å²) in [7, 11) is 1.54. The van der Waals surface area contributed by atoms with E-state index in [0.717, 1.165) is 35.6 Å². The van der Waals surface area contributed by atoms with Gasteiger partial charge in [0.2, 0.25) is 0 Å². The number of aryl methyl sites for hydroxylation is 2. The molecule has 4 heterocycles. The molecule has 0 N–H and O–H groups in total. The number of ether oxygens (including phenoxy) is 1. The zero-order valence-corrected chi connectivity index (χ0v) is 17.2. The van der Waals surface area contributed by atoms with Crippen molar-refractivity contribution in [2.45, 2.75) is 20.3 Å². The van der Waals surface area contributed by atoms with Gasteiger partial charge in [-0.3, -0.25) is 4.79 Å². The molecule has 0 unspecified atom stereocenters. The molecule has 30 heavy (non-hydrogen) atoms. The van der Waals surface area contributed by atoms with Crippen LogP contribution in [0.4, 0.5) is 5.69 Å². The summed E-state index contributed by atoms with van der Waals surface area (Å²) in [4.78, 5) is 24.1. The molecule has 0 aliphatic carbocycles. The molecule has 1 fully saturated rings. The monoisotopic (exact) mass is 402 g/mol. The van der Waals surface area contributed by atoms with Crippen LogP contribution in [-0.4, -0.2) is 44.5 Å². The lowest BCUT2D eigenvalue weighted by atomic mass is 10.1. The molecular formula is C22H22N6O2. The molecule has 3 aromatic heterocycles. The van der Waals surface area contributed by atoms with Gasteiger partial charge in [-0.25, -0.2) is 9.97 Å². The standard InChI is InChI=1S/C22H22N6O2/c1-14-19-13-25-28(22-23-11-18(30-3)12-24-22)21(29)20(19)15(2)27(14)17-7-4-6-16(10-17)26-8-5-9-26/h4,6-7,10-13H,5,8-9H2,1-3H3. The zero-order valence-electron chi connectivity index (χ0n) is 17.2. The predicted octanol–water partition coefficient (Wildman–Crippen LogP) is 2.80. The highest BCUT2D eigenvalue weighted by molar-refractivity contribution is 5.88. The third-order valence-electron chi connectivity index (χ3n) is 5.75. The lowest BCUT2D eigenvalue weighted by Crippen LogP contribution is -2.36. The Labute approximate surface area is 173 Å². The Morgan fingerprint density at radius 1 is 1.00 bits per heavy atom. The van der Waals surface area contributed by atoms with Crippen molar-refractivity contribution < 1.29 is 4.74 Å². The van der Waals surface area contributed by atoms with E-state index in [4.69, 9.17) is 4.74 Å². The quantitative estimate of drug-likeness (QED) is 0.522. The SMILES string of the molecule is COc1cnc(-n2ncc3c(C)n(-c4cccc(N5CCC5)c4)c(C)c3c2=O)nc1. The summed E-state index contributed by atoms with van der Waals surface area (Å²) in [5, 5.41) is 5.78. The fourth-order valence-corrected chi connectivity index (χ4v) is 4.02. The minimum absolute atomic E-state index is 0.215. The van der Waals surface area contributed by atoms with Crippen LogP contribution in [0.1, 0.15) is 17.8 Å². The van der Waals surface area contributed by atoms with Crippen LogP contribution < -0.4 is 15.2 Å².